The average molecular weight is 246 g/mol. The van der Waals surface area contributed by atoms with Gasteiger partial charge in [-0.3, -0.25) is 5.41 Å². The Labute approximate surface area is 106 Å². The third-order valence-electron chi connectivity index (χ3n) is 2.97. The highest BCUT2D eigenvalue weighted by Crippen LogP contribution is 2.13. The van der Waals surface area contributed by atoms with Gasteiger partial charge in [0.15, 0.2) is 5.65 Å². The van der Waals surface area contributed by atoms with E-state index in [0.29, 0.717) is 6.54 Å². The number of amidine groups is 1. The Morgan fingerprint density at radius 1 is 1.56 bits per heavy atom. The van der Waals surface area contributed by atoms with Crippen molar-refractivity contribution in [2.45, 2.75) is 13.8 Å². The molecule has 2 heterocycles. The second kappa shape index (κ2) is 5.03. The molecule has 96 valence electrons. The lowest BCUT2D eigenvalue weighted by atomic mass is 10.1. The lowest BCUT2D eigenvalue weighted by molar-refractivity contribution is 0.689. The summed E-state index contributed by atoms with van der Waals surface area (Å²) in [4.78, 5) is 6.64. The van der Waals surface area contributed by atoms with Crippen molar-refractivity contribution < 1.29 is 0 Å². The fourth-order valence-electron chi connectivity index (χ4n) is 1.79. The number of rotatable bonds is 5. The van der Waals surface area contributed by atoms with Crippen LogP contribution in [0.25, 0.3) is 5.65 Å². The summed E-state index contributed by atoms with van der Waals surface area (Å²) in [7, 11) is 0. The standard InChI is InChI=1S/C12H18N6/c1-3-17(8-9(2)12(13)14)10-5-7-18-11(16-10)4-6-15-18/h4-7,9H,3,8H2,1-2H3,(H3,13,14). The van der Waals surface area contributed by atoms with Gasteiger partial charge < -0.3 is 10.6 Å². The van der Waals surface area contributed by atoms with E-state index >= 15 is 0 Å². The van der Waals surface area contributed by atoms with Crippen molar-refractivity contribution in [2.24, 2.45) is 11.7 Å². The molecule has 0 aliphatic heterocycles. The van der Waals surface area contributed by atoms with Gasteiger partial charge in [0.05, 0.1) is 12.0 Å². The Morgan fingerprint density at radius 2 is 2.33 bits per heavy atom. The molecule has 0 saturated carbocycles. The van der Waals surface area contributed by atoms with Crippen LogP contribution in [-0.2, 0) is 0 Å². The molecule has 1 atom stereocenters. The van der Waals surface area contributed by atoms with Crippen LogP contribution in [0.3, 0.4) is 0 Å². The highest BCUT2D eigenvalue weighted by molar-refractivity contribution is 5.79. The molecule has 0 saturated heterocycles. The van der Waals surface area contributed by atoms with E-state index in [9.17, 15) is 0 Å². The van der Waals surface area contributed by atoms with Crippen molar-refractivity contribution in [2.75, 3.05) is 18.0 Å². The topological polar surface area (TPSA) is 83.3 Å². The predicted molar refractivity (Wildman–Crippen MR) is 72.0 cm³/mol. The molecule has 2 aromatic heterocycles. The second-order valence-electron chi connectivity index (χ2n) is 4.31. The van der Waals surface area contributed by atoms with Crippen LogP contribution in [0, 0.1) is 11.3 Å². The molecule has 0 fully saturated rings. The number of nitrogens with two attached hydrogens (primary N) is 1. The van der Waals surface area contributed by atoms with Crippen LogP contribution in [0.2, 0.25) is 0 Å². The van der Waals surface area contributed by atoms with Crippen LogP contribution in [0.5, 0.6) is 0 Å². The van der Waals surface area contributed by atoms with Crippen LogP contribution in [-0.4, -0.2) is 33.5 Å². The van der Waals surface area contributed by atoms with Crippen molar-refractivity contribution in [1.82, 2.24) is 14.6 Å². The van der Waals surface area contributed by atoms with E-state index in [1.807, 2.05) is 25.3 Å². The maximum absolute atomic E-state index is 7.45. The van der Waals surface area contributed by atoms with Crippen molar-refractivity contribution >= 4 is 17.3 Å². The Hall–Kier alpha value is -2.11. The summed E-state index contributed by atoms with van der Waals surface area (Å²) in [5, 5.41) is 11.6. The summed E-state index contributed by atoms with van der Waals surface area (Å²) in [6.45, 7) is 5.54. The monoisotopic (exact) mass is 246 g/mol. The minimum absolute atomic E-state index is 0.0212. The second-order valence-corrected chi connectivity index (χ2v) is 4.31. The number of nitrogens with one attached hydrogen (secondary N) is 1. The molecule has 18 heavy (non-hydrogen) atoms. The van der Waals surface area contributed by atoms with Gasteiger partial charge in [-0.1, -0.05) is 6.92 Å². The fourth-order valence-corrected chi connectivity index (χ4v) is 1.79. The molecule has 0 aliphatic carbocycles. The van der Waals surface area contributed by atoms with E-state index in [1.165, 1.54) is 0 Å². The summed E-state index contributed by atoms with van der Waals surface area (Å²) >= 11 is 0. The molecule has 0 amide bonds. The largest absolute Gasteiger partial charge is 0.387 e. The van der Waals surface area contributed by atoms with Gasteiger partial charge in [-0.05, 0) is 13.0 Å². The Kier molecular flexibility index (Phi) is 3.45. The summed E-state index contributed by atoms with van der Waals surface area (Å²) in [6.07, 6.45) is 3.61. The molecule has 1 unspecified atom stereocenters. The van der Waals surface area contributed by atoms with Crippen LogP contribution in [0.1, 0.15) is 13.8 Å². The average Bonchev–Trinajstić information content (AvgIpc) is 2.82. The van der Waals surface area contributed by atoms with Crippen LogP contribution >= 0.6 is 0 Å². The number of hydrogen-bond donors (Lipinski definition) is 2. The number of aromatic nitrogens is 3. The van der Waals surface area contributed by atoms with Gasteiger partial charge in [0, 0.05) is 31.3 Å². The van der Waals surface area contributed by atoms with Crippen molar-refractivity contribution in [1.29, 1.82) is 5.41 Å². The molecule has 0 radical (unpaired) electrons. The van der Waals surface area contributed by atoms with Gasteiger partial charge in [-0.25, -0.2) is 9.50 Å². The summed E-state index contributed by atoms with van der Waals surface area (Å²) in [5.74, 6) is 1.12. The van der Waals surface area contributed by atoms with E-state index in [1.54, 1.807) is 10.7 Å². The zero-order chi connectivity index (χ0) is 13.1. The molecule has 6 heteroatoms. The SMILES string of the molecule is CCN(CC(C)C(=N)N)c1ccn2nccc2n1. The fraction of sp³-hybridized carbons (Fsp3) is 0.417. The summed E-state index contributed by atoms with van der Waals surface area (Å²) < 4.78 is 1.73. The zero-order valence-electron chi connectivity index (χ0n) is 10.7. The predicted octanol–water partition coefficient (Wildman–Crippen LogP) is 1.13. The number of nitrogens with zero attached hydrogens (tertiary/aromatic N) is 4. The lowest BCUT2D eigenvalue weighted by Crippen LogP contribution is -2.35. The highest BCUT2D eigenvalue weighted by atomic mass is 15.3. The summed E-state index contributed by atoms with van der Waals surface area (Å²) in [5.41, 5.74) is 6.33. The molecule has 0 aromatic carbocycles. The highest BCUT2D eigenvalue weighted by Gasteiger charge is 2.13. The molecule has 2 rings (SSSR count). The van der Waals surface area contributed by atoms with Crippen molar-refractivity contribution in [3.05, 3.63) is 24.5 Å². The molecule has 0 bridgehead atoms. The number of anilines is 1. The normalized spacial score (nSPS) is 12.6. The van der Waals surface area contributed by atoms with Gasteiger partial charge in [-0.15, -0.1) is 0 Å². The molecule has 3 N–H and O–H groups in total. The van der Waals surface area contributed by atoms with Gasteiger partial charge in [0.1, 0.15) is 5.82 Å². The molecule has 6 nitrogen and oxygen atoms in total. The first kappa shape index (κ1) is 12.3. The molecule has 0 aliphatic rings. The quantitative estimate of drug-likeness (QED) is 0.612. The van der Waals surface area contributed by atoms with Crippen LogP contribution in [0.15, 0.2) is 24.5 Å². The van der Waals surface area contributed by atoms with Gasteiger partial charge in [0.25, 0.3) is 0 Å². The Morgan fingerprint density at radius 3 is 3.00 bits per heavy atom. The molecular weight excluding hydrogens is 228 g/mol. The van der Waals surface area contributed by atoms with Gasteiger partial charge >= 0.3 is 0 Å². The van der Waals surface area contributed by atoms with E-state index in [-0.39, 0.29) is 11.8 Å². The first-order valence-corrected chi connectivity index (χ1v) is 6.01. The van der Waals surface area contributed by atoms with E-state index in [0.717, 1.165) is 18.0 Å². The van der Waals surface area contributed by atoms with Crippen molar-refractivity contribution in [3.63, 3.8) is 0 Å². The van der Waals surface area contributed by atoms with E-state index in [4.69, 9.17) is 11.1 Å². The van der Waals surface area contributed by atoms with Gasteiger partial charge in [-0.2, -0.15) is 5.10 Å². The van der Waals surface area contributed by atoms with Crippen molar-refractivity contribution in [3.8, 4) is 0 Å². The number of hydrogen-bond acceptors (Lipinski definition) is 4. The minimum Gasteiger partial charge on any atom is -0.387 e. The maximum Gasteiger partial charge on any atom is 0.157 e. The molecular formula is C12H18N6. The zero-order valence-corrected chi connectivity index (χ0v) is 10.7. The smallest absolute Gasteiger partial charge is 0.157 e. The van der Waals surface area contributed by atoms with Crippen LogP contribution < -0.4 is 10.6 Å². The number of fused-ring (bicyclic) bond motifs is 1. The van der Waals surface area contributed by atoms with Gasteiger partial charge in [0.2, 0.25) is 0 Å². The Bertz CT molecular complexity index is 546. The first-order valence-electron chi connectivity index (χ1n) is 6.01. The lowest BCUT2D eigenvalue weighted by Gasteiger charge is -2.25. The third-order valence-corrected chi connectivity index (χ3v) is 2.97. The molecule has 0 spiro atoms. The summed E-state index contributed by atoms with van der Waals surface area (Å²) in [6, 6.07) is 3.79. The van der Waals surface area contributed by atoms with E-state index < -0.39 is 0 Å². The Balaban J connectivity index is 2.23. The third kappa shape index (κ3) is 2.42. The van der Waals surface area contributed by atoms with Crippen LogP contribution in [0.4, 0.5) is 5.82 Å². The minimum atomic E-state index is 0.0212. The molecule has 2 aromatic rings. The maximum atomic E-state index is 7.45. The van der Waals surface area contributed by atoms with E-state index in [2.05, 4.69) is 21.9 Å². The first-order chi connectivity index (χ1) is 8.61.